The Balaban J connectivity index is 1.79. The molecule has 8 heteroatoms. The number of nitriles is 1. The van der Waals surface area contributed by atoms with E-state index in [1.54, 1.807) is 22.5 Å². The van der Waals surface area contributed by atoms with Crippen molar-refractivity contribution in [2.45, 2.75) is 25.7 Å². The number of hydrogen-bond acceptors (Lipinski definition) is 3. The number of rotatable bonds is 7. The van der Waals surface area contributed by atoms with Gasteiger partial charge in [0.15, 0.2) is 0 Å². The van der Waals surface area contributed by atoms with Crippen LogP contribution in [-0.4, -0.2) is 32.1 Å². The van der Waals surface area contributed by atoms with Crippen molar-refractivity contribution in [2.75, 3.05) is 19.3 Å². The van der Waals surface area contributed by atoms with Crippen LogP contribution in [0.4, 0.5) is 0 Å². The van der Waals surface area contributed by atoms with Crippen molar-refractivity contribution < 1.29 is 8.42 Å². The van der Waals surface area contributed by atoms with Crippen LogP contribution in [0.15, 0.2) is 36.4 Å². The molecule has 160 valence electrons. The van der Waals surface area contributed by atoms with Crippen molar-refractivity contribution in [1.82, 2.24) is 4.31 Å². The molecule has 1 unspecified atom stereocenters. The predicted octanol–water partition coefficient (Wildman–Crippen LogP) is 5.59. The molecular weight excluding hydrogens is 463 g/mol. The second-order valence-electron chi connectivity index (χ2n) is 7.83. The van der Waals surface area contributed by atoms with Gasteiger partial charge in [-0.05, 0) is 79.0 Å². The lowest BCUT2D eigenvalue weighted by Crippen LogP contribution is -2.29. The summed E-state index contributed by atoms with van der Waals surface area (Å²) >= 11 is 18.8. The lowest BCUT2D eigenvalue weighted by atomic mass is 9.82. The molecule has 0 spiro atoms. The first-order chi connectivity index (χ1) is 14.2. The zero-order valence-electron chi connectivity index (χ0n) is 16.6. The average Bonchev–Trinajstić information content (AvgIpc) is 3.18. The number of benzene rings is 2. The molecule has 1 aliphatic rings. The molecule has 0 N–H and O–H groups in total. The zero-order chi connectivity index (χ0) is 21.9. The van der Waals surface area contributed by atoms with Crippen molar-refractivity contribution >= 4 is 44.8 Å². The van der Waals surface area contributed by atoms with Gasteiger partial charge in [0.05, 0.1) is 16.8 Å². The molecule has 2 aromatic carbocycles. The number of sulfonamides is 1. The first-order valence-electron chi connectivity index (χ1n) is 9.75. The van der Waals surface area contributed by atoms with E-state index in [4.69, 9.17) is 40.1 Å². The van der Waals surface area contributed by atoms with Gasteiger partial charge in [-0.1, -0.05) is 40.9 Å². The van der Waals surface area contributed by atoms with Gasteiger partial charge >= 0.3 is 0 Å². The molecule has 2 aromatic rings. The molecule has 0 bridgehead atoms. The number of hydrogen-bond donors (Lipinski definition) is 0. The van der Waals surface area contributed by atoms with Gasteiger partial charge in [-0.2, -0.15) is 5.26 Å². The van der Waals surface area contributed by atoms with E-state index < -0.39 is 10.0 Å². The fourth-order valence-corrected chi connectivity index (χ4v) is 5.62. The maximum absolute atomic E-state index is 12.0. The summed E-state index contributed by atoms with van der Waals surface area (Å²) in [6.07, 6.45) is 4.45. The fourth-order valence-electron chi connectivity index (χ4n) is 4.08. The minimum Gasteiger partial charge on any atom is -0.213 e. The monoisotopic (exact) mass is 484 g/mol. The van der Waals surface area contributed by atoms with Crippen molar-refractivity contribution in [2.24, 2.45) is 11.8 Å². The highest BCUT2D eigenvalue weighted by Gasteiger charge is 2.33. The summed E-state index contributed by atoms with van der Waals surface area (Å²) < 4.78 is 25.5. The van der Waals surface area contributed by atoms with Gasteiger partial charge in [0.1, 0.15) is 6.07 Å². The van der Waals surface area contributed by atoms with E-state index in [1.807, 2.05) is 18.2 Å². The highest BCUT2D eigenvalue weighted by Crippen LogP contribution is 2.34. The van der Waals surface area contributed by atoms with E-state index in [0.29, 0.717) is 33.7 Å². The minimum absolute atomic E-state index is 0.238. The normalized spacial score (nSPS) is 18.3. The highest BCUT2D eigenvalue weighted by molar-refractivity contribution is 7.88. The molecule has 0 aliphatic carbocycles. The van der Waals surface area contributed by atoms with Crippen LogP contribution in [0.5, 0.6) is 0 Å². The first kappa shape index (κ1) is 23.4. The third kappa shape index (κ3) is 5.90. The van der Waals surface area contributed by atoms with E-state index in [-0.39, 0.29) is 11.8 Å². The summed E-state index contributed by atoms with van der Waals surface area (Å²) in [5, 5.41) is 10.8. The Kier molecular flexibility index (Phi) is 7.71. The Morgan fingerprint density at radius 2 is 1.93 bits per heavy atom. The molecule has 1 saturated heterocycles. The van der Waals surface area contributed by atoms with Gasteiger partial charge in [0.25, 0.3) is 0 Å². The Labute approximate surface area is 193 Å². The van der Waals surface area contributed by atoms with Gasteiger partial charge in [-0.25, -0.2) is 12.7 Å². The molecule has 0 saturated carbocycles. The van der Waals surface area contributed by atoms with Gasteiger partial charge in [0, 0.05) is 23.1 Å². The third-order valence-corrected chi connectivity index (χ3v) is 7.96. The minimum atomic E-state index is -3.20. The maximum Gasteiger partial charge on any atom is 0.211 e. The van der Waals surface area contributed by atoms with Crippen molar-refractivity contribution in [3.63, 3.8) is 0 Å². The van der Waals surface area contributed by atoms with Crippen LogP contribution in [0.1, 0.15) is 29.5 Å². The summed E-state index contributed by atoms with van der Waals surface area (Å²) in [6.45, 7) is 1.07. The zero-order valence-corrected chi connectivity index (χ0v) is 19.7. The Hall–Kier alpha value is -1.29. The number of aryl methyl sites for hydroxylation is 1. The maximum atomic E-state index is 12.0. The van der Waals surface area contributed by atoms with Crippen LogP contribution in [0.3, 0.4) is 0 Å². The Morgan fingerprint density at radius 1 is 1.17 bits per heavy atom. The second-order valence-corrected chi connectivity index (χ2v) is 11.1. The lowest BCUT2D eigenvalue weighted by Gasteiger charge is -2.25. The van der Waals surface area contributed by atoms with Crippen LogP contribution < -0.4 is 0 Å². The average molecular weight is 486 g/mol. The summed E-state index contributed by atoms with van der Waals surface area (Å²) in [5.41, 5.74) is 2.49. The van der Waals surface area contributed by atoms with E-state index in [9.17, 15) is 8.42 Å². The standard InChI is InChI=1S/C22H23Cl3N2O2S/c1-30(28,29)27-9-8-18(14-27)16(11-19-12-20(23)6-7-21(19)24)4-2-15-3-5-17(13-26)22(25)10-15/h3,5-7,10,12,16,18H,2,4,8-9,11,14H2,1H3/t16-,18?/m0/s1. The van der Waals surface area contributed by atoms with Crippen molar-refractivity contribution in [3.8, 4) is 6.07 Å². The topological polar surface area (TPSA) is 61.2 Å². The second kappa shape index (κ2) is 9.89. The molecular formula is C22H23Cl3N2O2S. The van der Waals surface area contributed by atoms with E-state index in [2.05, 4.69) is 6.07 Å². The lowest BCUT2D eigenvalue weighted by molar-refractivity contribution is 0.319. The van der Waals surface area contributed by atoms with Crippen molar-refractivity contribution in [3.05, 3.63) is 68.2 Å². The fraction of sp³-hybridized carbons (Fsp3) is 0.409. The molecule has 1 heterocycles. The Morgan fingerprint density at radius 3 is 2.57 bits per heavy atom. The molecule has 0 radical (unpaired) electrons. The molecule has 4 nitrogen and oxygen atoms in total. The van der Waals surface area contributed by atoms with Gasteiger partial charge in [-0.3, -0.25) is 0 Å². The van der Waals surface area contributed by atoms with Crippen molar-refractivity contribution in [1.29, 1.82) is 5.26 Å². The van der Waals surface area contributed by atoms with Gasteiger partial charge in [-0.15, -0.1) is 0 Å². The molecule has 0 aromatic heterocycles. The summed E-state index contributed by atoms with van der Waals surface area (Å²) in [6, 6.07) is 13.0. The third-order valence-electron chi connectivity index (χ3n) is 5.77. The van der Waals surface area contributed by atoms with Crippen LogP contribution in [0, 0.1) is 23.2 Å². The van der Waals surface area contributed by atoms with Crippen LogP contribution in [0.25, 0.3) is 0 Å². The Bertz CT molecular complexity index is 1070. The molecule has 30 heavy (non-hydrogen) atoms. The highest BCUT2D eigenvalue weighted by atomic mass is 35.5. The van der Waals surface area contributed by atoms with E-state index in [1.165, 1.54) is 6.26 Å². The van der Waals surface area contributed by atoms with Crippen LogP contribution >= 0.6 is 34.8 Å². The largest absolute Gasteiger partial charge is 0.213 e. The van der Waals surface area contributed by atoms with Crippen LogP contribution in [-0.2, 0) is 22.9 Å². The first-order valence-corrected chi connectivity index (χ1v) is 12.7. The van der Waals surface area contributed by atoms with Gasteiger partial charge in [0.2, 0.25) is 10.0 Å². The molecule has 2 atom stereocenters. The van der Waals surface area contributed by atoms with E-state index in [0.717, 1.165) is 36.8 Å². The smallest absolute Gasteiger partial charge is 0.211 e. The summed E-state index contributed by atoms with van der Waals surface area (Å²) in [4.78, 5) is 0. The molecule has 0 amide bonds. The molecule has 3 rings (SSSR count). The van der Waals surface area contributed by atoms with Gasteiger partial charge < -0.3 is 0 Å². The number of nitrogens with zero attached hydrogens (tertiary/aromatic N) is 2. The summed E-state index contributed by atoms with van der Waals surface area (Å²) in [7, 11) is -3.20. The van der Waals surface area contributed by atoms with Crippen LogP contribution in [0.2, 0.25) is 15.1 Å². The predicted molar refractivity (Wildman–Crippen MR) is 123 cm³/mol. The molecule has 1 aliphatic heterocycles. The van der Waals surface area contributed by atoms with E-state index >= 15 is 0 Å². The summed E-state index contributed by atoms with van der Waals surface area (Å²) in [5.74, 6) is 0.478. The number of halogens is 3. The quantitative estimate of drug-likeness (QED) is 0.513. The molecule has 1 fully saturated rings. The SMILES string of the molecule is CS(=O)(=O)N1CCC([C@@H](CCc2ccc(C#N)c(Cl)c2)Cc2cc(Cl)ccc2Cl)C1.